The summed E-state index contributed by atoms with van der Waals surface area (Å²) in [6.45, 7) is 9.78. The van der Waals surface area contributed by atoms with Crippen molar-refractivity contribution in [3.05, 3.63) is 0 Å². The van der Waals surface area contributed by atoms with E-state index in [1.807, 2.05) is 6.92 Å². The summed E-state index contributed by atoms with van der Waals surface area (Å²) in [7, 11) is 3.20. The first kappa shape index (κ1) is 14.4. The van der Waals surface area contributed by atoms with Gasteiger partial charge in [0.05, 0.1) is 7.11 Å². The van der Waals surface area contributed by atoms with Crippen LogP contribution in [0, 0.1) is 0 Å². The van der Waals surface area contributed by atoms with Gasteiger partial charge in [-0.2, -0.15) is 0 Å². The fourth-order valence-corrected chi connectivity index (χ4v) is 1.54. The Balaban J connectivity index is 4.61. The predicted octanol–water partition coefficient (Wildman–Crippen LogP) is 0.868. The van der Waals surface area contributed by atoms with Crippen molar-refractivity contribution in [2.75, 3.05) is 27.2 Å². The fraction of sp³-hybridized carbons (Fsp3) is 0.909. The molecule has 1 atom stereocenters. The normalized spacial score (nSPS) is 15.5. The topological polar surface area (TPSA) is 41.6 Å². The molecule has 0 aromatic heterocycles. The summed E-state index contributed by atoms with van der Waals surface area (Å²) in [5.74, 6) is -0.218. The molecule has 0 heterocycles. The van der Waals surface area contributed by atoms with E-state index < -0.39 is 5.54 Å². The van der Waals surface area contributed by atoms with Crippen LogP contribution in [0.15, 0.2) is 0 Å². The molecule has 0 bridgehead atoms. The number of carbonyl (C=O) groups is 1. The van der Waals surface area contributed by atoms with Gasteiger partial charge in [0.1, 0.15) is 5.54 Å². The van der Waals surface area contributed by atoms with Gasteiger partial charge in [-0.15, -0.1) is 0 Å². The third-order valence-electron chi connectivity index (χ3n) is 2.84. The van der Waals surface area contributed by atoms with E-state index in [4.69, 9.17) is 4.74 Å². The van der Waals surface area contributed by atoms with E-state index in [-0.39, 0.29) is 5.97 Å². The second-order valence-corrected chi connectivity index (χ2v) is 4.23. The molecule has 90 valence electrons. The summed E-state index contributed by atoms with van der Waals surface area (Å²) in [4.78, 5) is 13.9. The molecule has 0 amide bonds. The molecular weight excluding hydrogens is 192 g/mol. The Hall–Kier alpha value is -0.610. The van der Waals surface area contributed by atoms with Crippen LogP contribution in [0.3, 0.4) is 0 Å². The van der Waals surface area contributed by atoms with Gasteiger partial charge in [0, 0.05) is 12.6 Å². The Bertz CT molecular complexity index is 207. The first-order valence-electron chi connectivity index (χ1n) is 5.42. The summed E-state index contributed by atoms with van der Waals surface area (Å²) in [5, 5.41) is 3.03. The van der Waals surface area contributed by atoms with Crippen LogP contribution in [0.5, 0.6) is 0 Å². The van der Waals surface area contributed by atoms with Crippen LogP contribution in [0.4, 0.5) is 0 Å². The highest BCUT2D eigenvalue weighted by molar-refractivity contribution is 5.80. The lowest BCUT2D eigenvalue weighted by Gasteiger charge is -2.34. The highest BCUT2D eigenvalue weighted by atomic mass is 16.5. The molecule has 0 aromatic carbocycles. The molecule has 0 spiro atoms. The van der Waals surface area contributed by atoms with E-state index in [1.165, 1.54) is 7.11 Å². The minimum atomic E-state index is -0.630. The zero-order chi connectivity index (χ0) is 12.1. The van der Waals surface area contributed by atoms with Crippen LogP contribution in [-0.2, 0) is 9.53 Å². The van der Waals surface area contributed by atoms with Crippen molar-refractivity contribution < 1.29 is 9.53 Å². The summed E-state index contributed by atoms with van der Waals surface area (Å²) in [6, 6.07) is 0.423. The van der Waals surface area contributed by atoms with E-state index in [1.54, 1.807) is 7.05 Å². The molecule has 0 aliphatic carbocycles. The first-order valence-corrected chi connectivity index (χ1v) is 5.42. The zero-order valence-corrected chi connectivity index (χ0v) is 10.8. The van der Waals surface area contributed by atoms with E-state index in [9.17, 15) is 4.79 Å². The Kier molecular flexibility index (Phi) is 5.83. The molecule has 0 saturated carbocycles. The number of rotatable bonds is 6. The van der Waals surface area contributed by atoms with Gasteiger partial charge < -0.3 is 10.1 Å². The quantitative estimate of drug-likeness (QED) is 0.669. The van der Waals surface area contributed by atoms with Gasteiger partial charge in [0.2, 0.25) is 0 Å². The molecule has 0 fully saturated rings. The minimum Gasteiger partial charge on any atom is -0.468 e. The maximum atomic E-state index is 11.6. The highest BCUT2D eigenvalue weighted by Crippen LogP contribution is 2.10. The molecule has 0 radical (unpaired) electrons. The molecule has 15 heavy (non-hydrogen) atoms. The van der Waals surface area contributed by atoms with Crippen LogP contribution in [0.2, 0.25) is 0 Å². The van der Waals surface area contributed by atoms with E-state index >= 15 is 0 Å². The van der Waals surface area contributed by atoms with Crippen molar-refractivity contribution >= 4 is 5.97 Å². The second kappa shape index (κ2) is 6.08. The predicted molar refractivity (Wildman–Crippen MR) is 61.9 cm³/mol. The number of nitrogens with zero attached hydrogens (tertiary/aromatic N) is 1. The van der Waals surface area contributed by atoms with E-state index in [2.05, 4.69) is 31.0 Å². The molecule has 0 rings (SSSR count). The number of ether oxygens (including phenoxy) is 1. The number of carbonyl (C=O) groups excluding carboxylic acids is 1. The van der Waals surface area contributed by atoms with Crippen molar-refractivity contribution in [1.29, 1.82) is 0 Å². The summed E-state index contributed by atoms with van der Waals surface area (Å²) < 4.78 is 4.80. The lowest BCUT2D eigenvalue weighted by atomic mass is 10.0. The number of hydrogen-bond acceptors (Lipinski definition) is 4. The van der Waals surface area contributed by atoms with Gasteiger partial charge in [-0.1, -0.05) is 6.92 Å². The van der Waals surface area contributed by atoms with Crippen LogP contribution >= 0.6 is 0 Å². The average molecular weight is 216 g/mol. The molecule has 0 aliphatic heterocycles. The third-order valence-corrected chi connectivity index (χ3v) is 2.84. The van der Waals surface area contributed by atoms with Crippen LogP contribution in [0.25, 0.3) is 0 Å². The van der Waals surface area contributed by atoms with Crippen molar-refractivity contribution in [3.8, 4) is 0 Å². The van der Waals surface area contributed by atoms with Gasteiger partial charge in [-0.05, 0) is 34.4 Å². The molecular formula is C11H24N2O2. The van der Waals surface area contributed by atoms with Gasteiger partial charge in [0.25, 0.3) is 0 Å². The standard InChI is InChI=1S/C11H24N2O2/c1-7-13(9(2)3)8-11(4,12-5)10(14)15-6/h9,12H,7-8H2,1-6H3. The van der Waals surface area contributed by atoms with Crippen molar-refractivity contribution in [3.63, 3.8) is 0 Å². The van der Waals surface area contributed by atoms with Crippen molar-refractivity contribution in [2.45, 2.75) is 39.3 Å². The Morgan fingerprint density at radius 2 is 2.07 bits per heavy atom. The smallest absolute Gasteiger partial charge is 0.327 e. The Labute approximate surface area is 93.0 Å². The molecule has 1 unspecified atom stereocenters. The maximum Gasteiger partial charge on any atom is 0.327 e. The number of hydrogen-bond donors (Lipinski definition) is 1. The maximum absolute atomic E-state index is 11.6. The number of methoxy groups -OCH3 is 1. The van der Waals surface area contributed by atoms with Crippen LogP contribution < -0.4 is 5.32 Å². The SMILES string of the molecule is CCN(CC(C)(NC)C(=O)OC)C(C)C. The summed E-state index contributed by atoms with van der Waals surface area (Å²) in [6.07, 6.45) is 0. The minimum absolute atomic E-state index is 0.218. The van der Waals surface area contributed by atoms with Crippen molar-refractivity contribution in [2.24, 2.45) is 0 Å². The number of nitrogens with one attached hydrogen (secondary N) is 1. The second-order valence-electron chi connectivity index (χ2n) is 4.23. The van der Waals surface area contributed by atoms with Gasteiger partial charge in [-0.25, -0.2) is 0 Å². The molecule has 4 nitrogen and oxygen atoms in total. The Morgan fingerprint density at radius 3 is 2.33 bits per heavy atom. The average Bonchev–Trinajstić information content (AvgIpc) is 2.23. The number of esters is 1. The first-order chi connectivity index (χ1) is 6.91. The molecule has 1 N–H and O–H groups in total. The monoisotopic (exact) mass is 216 g/mol. The van der Waals surface area contributed by atoms with Crippen LogP contribution in [0.1, 0.15) is 27.7 Å². The van der Waals surface area contributed by atoms with Gasteiger partial charge >= 0.3 is 5.97 Å². The van der Waals surface area contributed by atoms with Gasteiger partial charge in [0.15, 0.2) is 0 Å². The zero-order valence-electron chi connectivity index (χ0n) is 10.8. The summed E-state index contributed by atoms with van der Waals surface area (Å²) in [5.41, 5.74) is -0.630. The lowest BCUT2D eigenvalue weighted by Crippen LogP contribution is -2.57. The molecule has 0 aromatic rings. The molecule has 4 heteroatoms. The molecule has 0 aliphatic rings. The van der Waals surface area contributed by atoms with E-state index in [0.717, 1.165) is 6.54 Å². The number of likely N-dealkylation sites (N-methyl/N-ethyl adjacent to an activating group) is 2. The van der Waals surface area contributed by atoms with Gasteiger partial charge in [-0.3, -0.25) is 9.69 Å². The summed E-state index contributed by atoms with van der Waals surface area (Å²) >= 11 is 0. The Morgan fingerprint density at radius 1 is 1.53 bits per heavy atom. The van der Waals surface area contributed by atoms with E-state index in [0.29, 0.717) is 12.6 Å². The van der Waals surface area contributed by atoms with Crippen LogP contribution in [-0.4, -0.2) is 49.7 Å². The van der Waals surface area contributed by atoms with Crippen molar-refractivity contribution in [1.82, 2.24) is 10.2 Å². The largest absolute Gasteiger partial charge is 0.468 e. The highest BCUT2D eigenvalue weighted by Gasteiger charge is 2.34. The lowest BCUT2D eigenvalue weighted by molar-refractivity contribution is -0.148. The fourth-order valence-electron chi connectivity index (χ4n) is 1.54. The molecule has 0 saturated heterocycles. The third kappa shape index (κ3) is 3.80.